The molecule has 2 N–H and O–H groups in total. The summed E-state index contributed by atoms with van der Waals surface area (Å²) < 4.78 is 6.08. The van der Waals surface area contributed by atoms with Crippen LogP contribution in [0.3, 0.4) is 0 Å². The number of carbonyl (C=O) groups excluding carboxylic acids is 2. The summed E-state index contributed by atoms with van der Waals surface area (Å²) in [4.78, 5) is 17.8. The SMILES string of the molecule is Cc1cc(O[Si](C)(C)C)c([S-])c(C(C)(C)C)c1.[C-]1=CC=CC1.[Cl-].[Cl-].[NH-]C=O.[NH-]C=O.[Ti+2]. The van der Waals surface area contributed by atoms with Crippen LogP contribution >= 0.6 is 0 Å². The zero-order valence-electron chi connectivity index (χ0n) is 19.1. The molecule has 0 aromatic heterocycles. The number of hydrogen-bond donors (Lipinski definition) is 0. The minimum Gasteiger partial charge on any atom is -1.00 e. The molecule has 0 aliphatic heterocycles. The zero-order valence-corrected chi connectivity index (χ0v) is 24.0. The fourth-order valence-electron chi connectivity index (χ4n) is 2.04. The van der Waals surface area contributed by atoms with E-state index in [0.29, 0.717) is 0 Å². The van der Waals surface area contributed by atoms with E-state index in [9.17, 15) is 0 Å². The minimum absolute atomic E-state index is 0. The van der Waals surface area contributed by atoms with E-state index in [1.807, 2.05) is 12.2 Å². The van der Waals surface area contributed by atoms with Gasteiger partial charge in [-0.2, -0.15) is 6.08 Å². The molecule has 0 radical (unpaired) electrons. The molecule has 0 saturated carbocycles. The minimum atomic E-state index is -1.60. The van der Waals surface area contributed by atoms with Gasteiger partial charge in [0.05, 0.1) is 5.75 Å². The van der Waals surface area contributed by atoms with E-state index in [-0.39, 0.29) is 64.8 Å². The fraction of sp³-hybridized carbons (Fsp3) is 0.429. The summed E-state index contributed by atoms with van der Waals surface area (Å²) >= 11 is 5.56. The van der Waals surface area contributed by atoms with Crippen LogP contribution in [0.1, 0.15) is 38.3 Å². The molecule has 2 amide bonds. The van der Waals surface area contributed by atoms with E-state index >= 15 is 0 Å². The number of hydrogen-bond acceptors (Lipinski definition) is 4. The normalized spacial score (nSPS) is 10.5. The Morgan fingerprint density at radius 2 is 1.55 bits per heavy atom. The molecule has 0 bridgehead atoms. The summed E-state index contributed by atoms with van der Waals surface area (Å²) in [5, 5.41) is 0. The Bertz CT molecular complexity index is 662. The summed E-state index contributed by atoms with van der Waals surface area (Å²) in [6.45, 7) is 15.2. The summed E-state index contributed by atoms with van der Waals surface area (Å²) in [6.07, 6.45) is 10.0. The van der Waals surface area contributed by atoms with Crippen molar-refractivity contribution in [2.45, 2.75) is 64.1 Å². The van der Waals surface area contributed by atoms with Crippen molar-refractivity contribution >= 4 is 33.8 Å². The summed E-state index contributed by atoms with van der Waals surface area (Å²) in [5.41, 5.74) is 13.6. The number of carbonyl (C=O) groups is 2. The second-order valence-electron chi connectivity index (χ2n) is 7.84. The van der Waals surface area contributed by atoms with Gasteiger partial charge < -0.3 is 62.9 Å². The molecule has 2 rings (SSSR count). The average molecular weight is 539 g/mol. The third-order valence-electron chi connectivity index (χ3n) is 3.01. The summed E-state index contributed by atoms with van der Waals surface area (Å²) in [7, 11) is -1.60. The molecule has 1 aromatic rings. The first-order valence-corrected chi connectivity index (χ1v) is 12.6. The van der Waals surface area contributed by atoms with Gasteiger partial charge in [0.25, 0.3) is 0 Å². The van der Waals surface area contributed by atoms with Gasteiger partial charge in [-0.05, 0) is 43.6 Å². The van der Waals surface area contributed by atoms with Crippen LogP contribution in [-0.2, 0) is 49.4 Å². The van der Waals surface area contributed by atoms with E-state index in [1.54, 1.807) is 0 Å². The Labute approximate surface area is 222 Å². The predicted octanol–water partition coefficient (Wildman–Crippen LogP) is 0.113. The molecule has 5 nitrogen and oxygen atoms in total. The van der Waals surface area contributed by atoms with Crippen molar-refractivity contribution in [2.75, 3.05) is 0 Å². The van der Waals surface area contributed by atoms with Gasteiger partial charge in [0, 0.05) is 12.8 Å². The predicted molar refractivity (Wildman–Crippen MR) is 122 cm³/mol. The van der Waals surface area contributed by atoms with Crippen LogP contribution < -0.4 is 29.2 Å². The molecule has 0 fully saturated rings. The maximum absolute atomic E-state index is 8.47. The van der Waals surface area contributed by atoms with E-state index in [0.717, 1.165) is 17.1 Å². The number of allylic oxidation sites excluding steroid dienone is 4. The number of aryl methyl sites for hydroxylation is 1. The van der Waals surface area contributed by atoms with Crippen molar-refractivity contribution in [1.82, 2.24) is 0 Å². The largest absolute Gasteiger partial charge is 2.00 e. The molecule has 1 aliphatic rings. The molecular weight excluding hydrogens is 507 g/mol. The molecule has 1 aliphatic carbocycles. The van der Waals surface area contributed by atoms with Crippen molar-refractivity contribution in [1.29, 1.82) is 0 Å². The monoisotopic (exact) mass is 538 g/mol. The molecule has 0 unspecified atom stereocenters. The number of amides is 2. The van der Waals surface area contributed by atoms with Crippen molar-refractivity contribution in [3.63, 3.8) is 0 Å². The van der Waals surface area contributed by atoms with E-state index < -0.39 is 8.32 Å². The number of nitrogens with one attached hydrogen (secondary N) is 2. The number of halogens is 2. The Morgan fingerprint density at radius 1 is 1.10 bits per heavy atom. The first-order valence-electron chi connectivity index (χ1n) is 8.78. The van der Waals surface area contributed by atoms with Crippen LogP contribution in [0.15, 0.2) is 35.3 Å². The third kappa shape index (κ3) is 22.2. The summed E-state index contributed by atoms with van der Waals surface area (Å²) in [6, 6.07) is 4.25. The summed E-state index contributed by atoms with van der Waals surface area (Å²) in [5.74, 6) is 0.893. The second-order valence-corrected chi connectivity index (χ2v) is 12.7. The fourth-order valence-corrected chi connectivity index (χ4v) is 3.40. The van der Waals surface area contributed by atoms with Gasteiger partial charge in [-0.15, -0.1) is 11.3 Å². The van der Waals surface area contributed by atoms with Gasteiger partial charge in [-0.25, -0.2) is 12.2 Å². The van der Waals surface area contributed by atoms with Gasteiger partial charge in [-0.1, -0.05) is 32.4 Å². The van der Waals surface area contributed by atoms with Gasteiger partial charge in [0.2, 0.25) is 8.32 Å². The quantitative estimate of drug-likeness (QED) is 0.231. The Balaban J connectivity index is -0.000000134. The first kappa shape index (κ1) is 40.5. The number of benzene rings is 1. The molecule has 10 heteroatoms. The standard InChI is InChI=1S/C14H24OSSi.C5H5.2CH3NO.2ClH.Ti/c1-10-8-11(14(2,3)4)13(16)12(9-10)15-17(5,6)7;1-2-4-5-3-1;2*2-1-3;;;/h8-9,16H,1-7H3;1-3H,4H2;2*1H,(H2,2,3);2*1H;/q;-1;;;;;+2/p-5. The van der Waals surface area contributed by atoms with E-state index in [2.05, 4.69) is 71.6 Å². The van der Waals surface area contributed by atoms with Crippen LogP contribution in [-0.4, -0.2) is 21.1 Å². The molecule has 0 atom stereocenters. The molecule has 0 spiro atoms. The van der Waals surface area contributed by atoms with Gasteiger partial charge in [0.15, 0.2) is 0 Å². The molecule has 1 aromatic carbocycles. The van der Waals surface area contributed by atoms with E-state index in [4.69, 9.17) is 38.1 Å². The molecule has 0 heterocycles. The van der Waals surface area contributed by atoms with Crippen LogP contribution in [0.4, 0.5) is 0 Å². The van der Waals surface area contributed by atoms with Crippen molar-refractivity contribution < 1.29 is 60.5 Å². The van der Waals surface area contributed by atoms with Crippen molar-refractivity contribution in [2.24, 2.45) is 0 Å². The van der Waals surface area contributed by atoms with Crippen LogP contribution in [0.5, 0.6) is 5.75 Å². The smallest absolute Gasteiger partial charge is 1.00 e. The maximum Gasteiger partial charge on any atom is 2.00 e. The van der Waals surface area contributed by atoms with Crippen LogP contribution in [0.2, 0.25) is 19.6 Å². The van der Waals surface area contributed by atoms with Crippen LogP contribution in [0, 0.1) is 13.0 Å². The van der Waals surface area contributed by atoms with Gasteiger partial charge in [-0.3, -0.25) is 6.08 Å². The van der Waals surface area contributed by atoms with Crippen molar-refractivity contribution in [3.05, 3.63) is 59.0 Å². The Kier molecular flexibility index (Phi) is 27.5. The average Bonchev–Trinajstić information content (AvgIpc) is 3.09. The van der Waals surface area contributed by atoms with Gasteiger partial charge >= 0.3 is 21.7 Å². The maximum atomic E-state index is 8.47. The van der Waals surface area contributed by atoms with Crippen molar-refractivity contribution in [3.8, 4) is 5.75 Å². The van der Waals surface area contributed by atoms with E-state index in [1.165, 1.54) is 11.1 Å². The Hall–Kier alpha value is -0.829. The molecular formula is C21H32Cl2N2O3SSiTi-4. The zero-order chi connectivity index (χ0) is 22.4. The third-order valence-corrected chi connectivity index (χ3v) is 4.26. The topological polar surface area (TPSA) is 91.0 Å². The second kappa shape index (κ2) is 21.0. The first-order chi connectivity index (χ1) is 12.8. The molecule has 0 saturated heterocycles. The van der Waals surface area contributed by atoms with Crippen LogP contribution in [0.25, 0.3) is 11.5 Å². The molecule has 176 valence electrons. The number of rotatable bonds is 2. The van der Waals surface area contributed by atoms with Gasteiger partial charge in [0.1, 0.15) is 0 Å². The molecule has 31 heavy (non-hydrogen) atoms. The Morgan fingerprint density at radius 3 is 1.81 bits per heavy atom.